The van der Waals surface area contributed by atoms with Crippen LogP contribution in [0.3, 0.4) is 0 Å². The van der Waals surface area contributed by atoms with Crippen molar-refractivity contribution in [2.24, 2.45) is 0 Å². The van der Waals surface area contributed by atoms with Crippen molar-refractivity contribution in [3.63, 3.8) is 0 Å². The van der Waals surface area contributed by atoms with E-state index in [9.17, 15) is 0 Å². The fraction of sp³-hybridized carbons (Fsp3) is 0.550. The average Bonchev–Trinajstić information content (AvgIpc) is 3.15. The molecule has 0 unspecified atom stereocenters. The van der Waals surface area contributed by atoms with Gasteiger partial charge in [0.15, 0.2) is 0 Å². The Morgan fingerprint density at radius 2 is 0.627 bits per heavy atom. The van der Waals surface area contributed by atoms with Crippen molar-refractivity contribution >= 4 is 18.7 Å². The van der Waals surface area contributed by atoms with Gasteiger partial charge < -0.3 is 47.1 Å². The molecule has 3 aromatic carbocycles. The van der Waals surface area contributed by atoms with Crippen molar-refractivity contribution in [1.29, 1.82) is 0 Å². The molecule has 0 radical (unpaired) electrons. The molecule has 0 N–H and O–H groups in total. The van der Waals surface area contributed by atoms with Crippen LogP contribution < -0.4 is 15.1 Å². The predicted molar refractivity (Wildman–Crippen MR) is 202 cm³/mol. The third-order valence-electron chi connectivity index (χ3n) is 7.81. The molecular formula is C40H60O10Si. The minimum Gasteiger partial charge on any atom is -0.491 e. The molecule has 51 heavy (non-hydrogen) atoms. The Balaban J connectivity index is 1.05. The van der Waals surface area contributed by atoms with Crippen molar-refractivity contribution in [3.8, 4) is 5.75 Å². The van der Waals surface area contributed by atoms with Gasteiger partial charge in [-0.15, -0.1) is 0 Å². The highest BCUT2D eigenvalue weighted by Crippen LogP contribution is 2.36. The molecule has 0 aliphatic carbocycles. The lowest BCUT2D eigenvalue weighted by molar-refractivity contribution is -0.0241. The summed E-state index contributed by atoms with van der Waals surface area (Å²) in [6.45, 7) is 16.1. The maximum absolute atomic E-state index is 6.85. The average molecular weight is 729 g/mol. The van der Waals surface area contributed by atoms with Crippen molar-refractivity contribution < 1.29 is 47.1 Å². The summed E-state index contributed by atoms with van der Waals surface area (Å²) in [5.41, 5.74) is 0. The number of ether oxygens (including phenoxy) is 9. The van der Waals surface area contributed by atoms with Gasteiger partial charge in [0.25, 0.3) is 8.32 Å². The second-order valence-electron chi connectivity index (χ2n) is 12.6. The zero-order chi connectivity index (χ0) is 36.1. The van der Waals surface area contributed by atoms with Crippen LogP contribution in [0.1, 0.15) is 20.8 Å². The highest BCUT2D eigenvalue weighted by atomic mass is 28.4. The first-order valence-electron chi connectivity index (χ1n) is 18.1. The first kappa shape index (κ1) is 42.7. The Hall–Kier alpha value is -2.68. The number of benzene rings is 3. The molecule has 0 aliphatic rings. The summed E-state index contributed by atoms with van der Waals surface area (Å²) in [6.07, 6.45) is 0. The van der Waals surface area contributed by atoms with E-state index in [2.05, 4.69) is 81.4 Å². The number of hydrogen-bond acceptors (Lipinski definition) is 10. The summed E-state index contributed by atoms with van der Waals surface area (Å²) in [4.78, 5) is 0. The fourth-order valence-electron chi connectivity index (χ4n) is 5.39. The van der Waals surface area contributed by atoms with Gasteiger partial charge in [-0.3, -0.25) is 0 Å². The molecule has 0 saturated carbocycles. The Morgan fingerprint density at radius 3 is 0.941 bits per heavy atom. The van der Waals surface area contributed by atoms with Crippen LogP contribution in [0, 0.1) is 0 Å². The van der Waals surface area contributed by atoms with Gasteiger partial charge in [0, 0.05) is 0 Å². The monoisotopic (exact) mass is 728 g/mol. The molecule has 0 amide bonds. The minimum atomic E-state index is -2.54. The van der Waals surface area contributed by atoms with Crippen molar-refractivity contribution in [1.82, 2.24) is 0 Å². The van der Waals surface area contributed by atoms with Gasteiger partial charge in [-0.2, -0.15) is 0 Å². The van der Waals surface area contributed by atoms with Crippen molar-refractivity contribution in [2.45, 2.75) is 25.8 Å². The lowest BCUT2D eigenvalue weighted by atomic mass is 10.2. The van der Waals surface area contributed by atoms with E-state index in [0.29, 0.717) is 119 Å². The second kappa shape index (κ2) is 27.0. The summed E-state index contributed by atoms with van der Waals surface area (Å²) < 4.78 is 57.1. The number of para-hydroxylation sites is 1. The van der Waals surface area contributed by atoms with Crippen molar-refractivity contribution in [3.05, 3.63) is 91.0 Å². The Labute approximate surface area is 306 Å². The predicted octanol–water partition coefficient (Wildman–Crippen LogP) is 4.77. The minimum absolute atomic E-state index is 0.0542. The van der Waals surface area contributed by atoms with Crippen LogP contribution in [0.15, 0.2) is 91.0 Å². The molecule has 0 aromatic heterocycles. The van der Waals surface area contributed by atoms with Crippen LogP contribution >= 0.6 is 0 Å². The van der Waals surface area contributed by atoms with Gasteiger partial charge in [0.05, 0.1) is 112 Å². The SMILES string of the molecule is CC(C)(C)[Si](OCCOCCOCCOCCOCCOCCOCCOCCOCCOc1ccccc1)(c1ccccc1)c1ccccc1. The van der Waals surface area contributed by atoms with E-state index >= 15 is 0 Å². The Kier molecular flexibility index (Phi) is 22.6. The van der Waals surface area contributed by atoms with Gasteiger partial charge in [-0.25, -0.2) is 0 Å². The molecule has 10 nitrogen and oxygen atoms in total. The molecule has 284 valence electrons. The Bertz CT molecular complexity index is 1170. The summed E-state index contributed by atoms with van der Waals surface area (Å²) in [5.74, 6) is 0.845. The van der Waals surface area contributed by atoms with Gasteiger partial charge in [-0.1, -0.05) is 99.6 Å². The number of rotatable bonds is 31. The van der Waals surface area contributed by atoms with Crippen molar-refractivity contribution in [2.75, 3.05) is 119 Å². The van der Waals surface area contributed by atoms with E-state index in [1.807, 2.05) is 30.3 Å². The summed E-state index contributed by atoms with van der Waals surface area (Å²) in [6, 6.07) is 31.0. The Morgan fingerprint density at radius 1 is 0.353 bits per heavy atom. The zero-order valence-corrected chi connectivity index (χ0v) is 32.0. The molecule has 11 heteroatoms. The third-order valence-corrected chi connectivity index (χ3v) is 12.8. The zero-order valence-electron chi connectivity index (χ0n) is 31.0. The third kappa shape index (κ3) is 17.6. The molecule has 0 bridgehead atoms. The van der Waals surface area contributed by atoms with E-state index in [-0.39, 0.29) is 5.04 Å². The number of hydrogen-bond donors (Lipinski definition) is 0. The molecule has 0 spiro atoms. The van der Waals surface area contributed by atoms with Crippen LogP contribution in [-0.2, 0) is 42.3 Å². The van der Waals surface area contributed by atoms with Gasteiger partial charge in [0.1, 0.15) is 12.4 Å². The van der Waals surface area contributed by atoms with E-state index in [0.717, 1.165) is 5.75 Å². The summed E-state index contributed by atoms with van der Waals surface area (Å²) in [7, 11) is -2.54. The topological polar surface area (TPSA) is 92.3 Å². The van der Waals surface area contributed by atoms with Crippen LogP contribution in [-0.4, -0.2) is 127 Å². The largest absolute Gasteiger partial charge is 0.491 e. The summed E-state index contributed by atoms with van der Waals surface area (Å²) in [5, 5.41) is 2.48. The molecule has 0 aliphatic heterocycles. The maximum atomic E-state index is 6.85. The maximum Gasteiger partial charge on any atom is 0.261 e. The lowest BCUT2D eigenvalue weighted by Crippen LogP contribution is -2.66. The lowest BCUT2D eigenvalue weighted by Gasteiger charge is -2.43. The molecule has 0 atom stereocenters. The van der Waals surface area contributed by atoms with E-state index < -0.39 is 8.32 Å². The van der Waals surface area contributed by atoms with Crippen LogP contribution in [0.25, 0.3) is 0 Å². The fourth-order valence-corrected chi connectivity index (χ4v) is 9.94. The van der Waals surface area contributed by atoms with E-state index in [4.69, 9.17) is 47.1 Å². The van der Waals surface area contributed by atoms with Gasteiger partial charge >= 0.3 is 0 Å². The normalized spacial score (nSPS) is 12.0. The van der Waals surface area contributed by atoms with Gasteiger partial charge in [0.2, 0.25) is 0 Å². The van der Waals surface area contributed by atoms with E-state index in [1.165, 1.54) is 10.4 Å². The molecule has 0 fully saturated rings. The molecule has 0 saturated heterocycles. The van der Waals surface area contributed by atoms with Crippen LogP contribution in [0.2, 0.25) is 5.04 Å². The van der Waals surface area contributed by atoms with Crippen LogP contribution in [0.4, 0.5) is 0 Å². The van der Waals surface area contributed by atoms with E-state index in [1.54, 1.807) is 0 Å². The second-order valence-corrected chi connectivity index (χ2v) is 16.9. The van der Waals surface area contributed by atoms with Crippen LogP contribution in [0.5, 0.6) is 5.75 Å². The molecular weight excluding hydrogens is 669 g/mol. The smallest absolute Gasteiger partial charge is 0.261 e. The molecule has 0 heterocycles. The quantitative estimate of drug-likeness (QED) is 0.0682. The highest BCUT2D eigenvalue weighted by Gasteiger charge is 2.50. The summed E-state index contributed by atoms with van der Waals surface area (Å²) >= 11 is 0. The highest BCUT2D eigenvalue weighted by molar-refractivity contribution is 6.99. The van der Waals surface area contributed by atoms with Gasteiger partial charge in [-0.05, 0) is 27.5 Å². The first-order chi connectivity index (χ1) is 25.0. The standard InChI is InChI=1S/C40H60O10Si/c1-40(2,3)51(38-15-9-5-10-16-38,39-17-11-6-12-18-39)50-36-34-48-32-30-46-28-26-44-24-22-42-20-19-41-21-23-43-25-27-45-29-31-47-33-35-49-37-13-7-4-8-14-37/h4-18H,19-36H2,1-3H3. The first-order valence-corrected chi connectivity index (χ1v) is 20.0. The molecule has 3 aromatic rings. The molecule has 3 rings (SSSR count).